The van der Waals surface area contributed by atoms with Crippen molar-refractivity contribution in [3.63, 3.8) is 0 Å². The van der Waals surface area contributed by atoms with Crippen LogP contribution in [0, 0.1) is 5.92 Å². The minimum atomic E-state index is -0.376. The molecule has 34 heavy (non-hydrogen) atoms. The SMILES string of the molecule is C[C@H]1CCCN(CCCOc2ccc(N3CCC4(CC3)CN(c3ccccc3)C(=O)O4)cc2)C1. The van der Waals surface area contributed by atoms with Crippen LogP contribution < -0.4 is 14.5 Å². The van der Waals surface area contributed by atoms with Gasteiger partial charge in [-0.15, -0.1) is 0 Å². The van der Waals surface area contributed by atoms with Crippen LogP contribution in [0.1, 0.15) is 39.0 Å². The number of amides is 1. The van der Waals surface area contributed by atoms with E-state index in [0.29, 0.717) is 6.54 Å². The second-order valence-electron chi connectivity index (χ2n) is 10.2. The molecule has 0 saturated carbocycles. The zero-order valence-corrected chi connectivity index (χ0v) is 20.3. The van der Waals surface area contributed by atoms with Crippen molar-refractivity contribution < 1.29 is 14.3 Å². The van der Waals surface area contributed by atoms with Crippen LogP contribution in [-0.2, 0) is 4.74 Å². The predicted octanol–water partition coefficient (Wildman–Crippen LogP) is 5.18. The van der Waals surface area contributed by atoms with E-state index in [1.807, 2.05) is 30.3 Å². The highest BCUT2D eigenvalue weighted by molar-refractivity contribution is 5.90. The number of hydrogen-bond acceptors (Lipinski definition) is 5. The van der Waals surface area contributed by atoms with E-state index < -0.39 is 0 Å². The molecule has 1 spiro atoms. The van der Waals surface area contributed by atoms with Crippen molar-refractivity contribution in [2.75, 3.05) is 55.7 Å². The summed E-state index contributed by atoms with van der Waals surface area (Å²) in [4.78, 5) is 19.2. The number of ether oxygens (including phenoxy) is 2. The van der Waals surface area contributed by atoms with E-state index in [1.54, 1.807) is 4.90 Å². The lowest BCUT2D eigenvalue weighted by molar-refractivity contribution is 0.0367. The first-order valence-corrected chi connectivity index (χ1v) is 12.9. The van der Waals surface area contributed by atoms with Gasteiger partial charge in [-0.3, -0.25) is 4.90 Å². The number of carbonyl (C=O) groups is 1. The van der Waals surface area contributed by atoms with E-state index >= 15 is 0 Å². The highest BCUT2D eigenvalue weighted by Gasteiger charge is 2.47. The second kappa shape index (κ2) is 10.3. The van der Waals surface area contributed by atoms with E-state index in [0.717, 1.165) is 62.9 Å². The maximum atomic E-state index is 12.5. The lowest BCUT2D eigenvalue weighted by Crippen LogP contribution is -2.47. The highest BCUT2D eigenvalue weighted by Crippen LogP contribution is 2.37. The summed E-state index contributed by atoms with van der Waals surface area (Å²) in [5.74, 6) is 1.77. The van der Waals surface area contributed by atoms with Crippen molar-refractivity contribution in [2.45, 2.75) is 44.6 Å². The standard InChI is InChI=1S/C28H37N3O3/c1-23-7-5-16-29(21-23)17-6-20-33-26-12-10-24(11-13-26)30-18-14-28(15-19-30)22-31(27(32)34-28)25-8-3-2-4-9-25/h2-4,8-13,23H,5-7,14-22H2,1H3/t23-/m0/s1. The summed E-state index contributed by atoms with van der Waals surface area (Å²) < 4.78 is 11.9. The molecule has 1 amide bonds. The van der Waals surface area contributed by atoms with Gasteiger partial charge in [-0.2, -0.15) is 0 Å². The molecule has 0 N–H and O–H groups in total. The first kappa shape index (κ1) is 23.0. The molecule has 0 bridgehead atoms. The topological polar surface area (TPSA) is 45.2 Å². The van der Waals surface area contributed by atoms with Gasteiger partial charge in [0.05, 0.1) is 13.2 Å². The van der Waals surface area contributed by atoms with Gasteiger partial charge >= 0.3 is 6.09 Å². The van der Waals surface area contributed by atoms with Crippen molar-refractivity contribution in [1.29, 1.82) is 0 Å². The molecule has 3 heterocycles. The van der Waals surface area contributed by atoms with Crippen molar-refractivity contribution in [2.24, 2.45) is 5.92 Å². The molecule has 1 atom stereocenters. The average Bonchev–Trinajstić information content (AvgIpc) is 3.19. The molecule has 3 saturated heterocycles. The third-order valence-corrected chi connectivity index (χ3v) is 7.54. The fourth-order valence-corrected chi connectivity index (χ4v) is 5.58. The summed E-state index contributed by atoms with van der Waals surface area (Å²) in [7, 11) is 0. The third kappa shape index (κ3) is 5.33. The summed E-state index contributed by atoms with van der Waals surface area (Å²) in [6.45, 7) is 9.10. The van der Waals surface area contributed by atoms with E-state index in [9.17, 15) is 4.79 Å². The smallest absolute Gasteiger partial charge is 0.415 e. The molecule has 3 fully saturated rings. The molecule has 6 heteroatoms. The summed E-state index contributed by atoms with van der Waals surface area (Å²) in [6.07, 6.45) is 5.23. The van der Waals surface area contributed by atoms with Crippen molar-refractivity contribution in [3.8, 4) is 5.75 Å². The summed E-state index contributed by atoms with van der Waals surface area (Å²) in [6, 6.07) is 18.3. The molecule has 0 unspecified atom stereocenters. The Kier molecular flexibility index (Phi) is 6.95. The number of piperidine rings is 2. The molecule has 3 aliphatic rings. The van der Waals surface area contributed by atoms with Crippen LogP contribution in [0.2, 0.25) is 0 Å². The molecule has 182 valence electrons. The number of likely N-dealkylation sites (tertiary alicyclic amines) is 1. The number of nitrogens with zero attached hydrogens (tertiary/aromatic N) is 3. The van der Waals surface area contributed by atoms with Crippen molar-refractivity contribution in [1.82, 2.24) is 4.90 Å². The first-order chi connectivity index (χ1) is 16.6. The first-order valence-electron chi connectivity index (χ1n) is 12.9. The zero-order valence-electron chi connectivity index (χ0n) is 20.3. The molecule has 6 nitrogen and oxygen atoms in total. The minimum Gasteiger partial charge on any atom is -0.494 e. The van der Waals surface area contributed by atoms with Crippen LogP contribution >= 0.6 is 0 Å². The summed E-state index contributed by atoms with van der Waals surface area (Å²) in [5, 5.41) is 0. The zero-order chi connectivity index (χ0) is 23.4. The van der Waals surface area contributed by atoms with E-state index in [-0.39, 0.29) is 11.7 Å². The number of rotatable bonds is 7. The maximum Gasteiger partial charge on any atom is 0.415 e. The fourth-order valence-electron chi connectivity index (χ4n) is 5.58. The largest absolute Gasteiger partial charge is 0.494 e. The molecule has 2 aromatic carbocycles. The van der Waals surface area contributed by atoms with Gasteiger partial charge in [0.15, 0.2) is 0 Å². The number of benzene rings is 2. The van der Waals surface area contributed by atoms with Crippen molar-refractivity contribution in [3.05, 3.63) is 54.6 Å². The number of hydrogen-bond donors (Lipinski definition) is 0. The maximum absolute atomic E-state index is 12.5. The normalized spacial score (nSPS) is 22.7. The van der Waals surface area contributed by atoms with Crippen molar-refractivity contribution >= 4 is 17.5 Å². The van der Waals surface area contributed by atoms with E-state index in [2.05, 4.69) is 41.0 Å². The van der Waals surface area contributed by atoms with Gasteiger partial charge in [0.25, 0.3) is 0 Å². The Morgan fingerprint density at radius 2 is 1.76 bits per heavy atom. The summed E-state index contributed by atoms with van der Waals surface area (Å²) >= 11 is 0. The third-order valence-electron chi connectivity index (χ3n) is 7.54. The molecular weight excluding hydrogens is 426 g/mol. The van der Waals surface area contributed by atoms with Gasteiger partial charge in [0.1, 0.15) is 11.4 Å². The Morgan fingerprint density at radius 1 is 1.00 bits per heavy atom. The second-order valence-corrected chi connectivity index (χ2v) is 10.2. The number of carbonyl (C=O) groups excluding carboxylic acids is 1. The molecule has 0 aliphatic carbocycles. The monoisotopic (exact) mass is 463 g/mol. The molecule has 0 radical (unpaired) electrons. The lowest BCUT2D eigenvalue weighted by atomic mass is 9.91. The molecule has 5 rings (SSSR count). The highest BCUT2D eigenvalue weighted by atomic mass is 16.6. The van der Waals surface area contributed by atoms with Crippen LogP contribution in [0.5, 0.6) is 5.75 Å². The molecule has 3 aliphatic heterocycles. The van der Waals surface area contributed by atoms with Gasteiger partial charge in [-0.05, 0) is 68.1 Å². The van der Waals surface area contributed by atoms with E-state index in [4.69, 9.17) is 9.47 Å². The number of para-hydroxylation sites is 1. The Hall–Kier alpha value is -2.73. The lowest BCUT2D eigenvalue weighted by Gasteiger charge is -2.38. The van der Waals surface area contributed by atoms with E-state index in [1.165, 1.54) is 31.6 Å². The predicted molar refractivity (Wildman–Crippen MR) is 136 cm³/mol. The quantitative estimate of drug-likeness (QED) is 0.529. The summed E-state index contributed by atoms with van der Waals surface area (Å²) in [5.41, 5.74) is 1.74. The molecule has 2 aromatic rings. The Morgan fingerprint density at radius 3 is 2.50 bits per heavy atom. The van der Waals surface area contributed by atoms with Gasteiger partial charge < -0.3 is 19.3 Å². The minimum absolute atomic E-state index is 0.226. The van der Waals surface area contributed by atoms with Crippen LogP contribution in [0.3, 0.4) is 0 Å². The molecular formula is C28H37N3O3. The number of anilines is 2. The molecule has 0 aromatic heterocycles. The van der Waals surface area contributed by atoms with Crippen LogP contribution in [0.25, 0.3) is 0 Å². The Bertz CT molecular complexity index is 941. The van der Waals surface area contributed by atoms with Crippen LogP contribution in [-0.4, -0.2) is 62.5 Å². The Balaban J connectivity index is 1.07. The van der Waals surface area contributed by atoms with Crippen LogP contribution in [0.15, 0.2) is 54.6 Å². The fraction of sp³-hybridized carbons (Fsp3) is 0.536. The van der Waals surface area contributed by atoms with Gasteiger partial charge in [-0.25, -0.2) is 4.79 Å². The van der Waals surface area contributed by atoms with Crippen LogP contribution in [0.4, 0.5) is 16.2 Å². The van der Waals surface area contributed by atoms with Gasteiger partial charge in [-0.1, -0.05) is 25.1 Å². The van der Waals surface area contributed by atoms with Gasteiger partial charge in [0.2, 0.25) is 0 Å². The van der Waals surface area contributed by atoms with Gasteiger partial charge in [0, 0.05) is 50.4 Å². The Labute approximate surface area is 203 Å². The average molecular weight is 464 g/mol.